The predicted molar refractivity (Wildman–Crippen MR) is 40.4 cm³/mol. The third kappa shape index (κ3) is 1.48. The van der Waals surface area contributed by atoms with Crippen molar-refractivity contribution in [2.75, 3.05) is 20.7 Å². The van der Waals surface area contributed by atoms with E-state index in [2.05, 4.69) is 0 Å². The second-order valence-corrected chi connectivity index (χ2v) is 3.16. The van der Waals surface area contributed by atoms with Gasteiger partial charge in [-0.15, -0.1) is 0 Å². The van der Waals surface area contributed by atoms with Crippen molar-refractivity contribution in [3.63, 3.8) is 0 Å². The number of hydrogen-bond donors (Lipinski definition) is 1. The van der Waals surface area contributed by atoms with E-state index in [1.54, 1.807) is 12.1 Å². The van der Waals surface area contributed by atoms with Gasteiger partial charge in [0.2, 0.25) is 0 Å². The first kappa shape index (κ1) is 7.98. The Morgan fingerprint density at radius 1 is 1.60 bits per heavy atom. The minimum atomic E-state index is 0.0868. The van der Waals surface area contributed by atoms with Gasteiger partial charge in [0.25, 0.3) is 0 Å². The SMILES string of the molecule is COC1(CN(C)N)CCC1. The number of ether oxygens (including phenoxy) is 1. The van der Waals surface area contributed by atoms with Gasteiger partial charge in [0.15, 0.2) is 0 Å². The fourth-order valence-electron chi connectivity index (χ4n) is 1.45. The number of hydrazine groups is 1. The molecule has 1 rings (SSSR count). The first-order valence-corrected chi connectivity index (χ1v) is 3.69. The molecule has 2 N–H and O–H groups in total. The molecule has 0 heterocycles. The summed E-state index contributed by atoms with van der Waals surface area (Å²) in [6, 6.07) is 0. The normalized spacial score (nSPS) is 22.8. The molecule has 0 spiro atoms. The zero-order valence-electron chi connectivity index (χ0n) is 6.76. The summed E-state index contributed by atoms with van der Waals surface area (Å²) in [6.45, 7) is 0.851. The van der Waals surface area contributed by atoms with Gasteiger partial charge in [-0.1, -0.05) is 0 Å². The van der Waals surface area contributed by atoms with Crippen molar-refractivity contribution >= 4 is 0 Å². The summed E-state index contributed by atoms with van der Waals surface area (Å²) in [5, 5.41) is 1.70. The van der Waals surface area contributed by atoms with Crippen molar-refractivity contribution < 1.29 is 4.74 Å². The van der Waals surface area contributed by atoms with Gasteiger partial charge >= 0.3 is 0 Å². The zero-order chi connectivity index (χ0) is 7.61. The number of hydrogen-bond acceptors (Lipinski definition) is 3. The fraction of sp³-hybridized carbons (Fsp3) is 1.00. The van der Waals surface area contributed by atoms with E-state index in [1.807, 2.05) is 7.05 Å². The van der Waals surface area contributed by atoms with Crippen molar-refractivity contribution in [2.24, 2.45) is 5.84 Å². The Morgan fingerprint density at radius 2 is 2.20 bits per heavy atom. The Balaban J connectivity index is 2.33. The van der Waals surface area contributed by atoms with Crippen LogP contribution in [0.3, 0.4) is 0 Å². The van der Waals surface area contributed by atoms with Crippen LogP contribution < -0.4 is 5.84 Å². The number of nitrogens with zero attached hydrogens (tertiary/aromatic N) is 1. The number of rotatable bonds is 3. The molecule has 0 aromatic carbocycles. The summed E-state index contributed by atoms with van der Waals surface area (Å²) in [5.41, 5.74) is 0.0868. The Labute approximate surface area is 62.1 Å². The smallest absolute Gasteiger partial charge is 0.0818 e. The molecule has 0 atom stereocenters. The van der Waals surface area contributed by atoms with Crippen LogP contribution in [0.1, 0.15) is 19.3 Å². The van der Waals surface area contributed by atoms with E-state index in [-0.39, 0.29) is 5.60 Å². The molecule has 0 radical (unpaired) electrons. The monoisotopic (exact) mass is 144 g/mol. The molecule has 0 saturated heterocycles. The molecule has 0 unspecified atom stereocenters. The van der Waals surface area contributed by atoms with Crippen LogP contribution in [0.15, 0.2) is 0 Å². The van der Waals surface area contributed by atoms with Crippen molar-refractivity contribution in [3.8, 4) is 0 Å². The van der Waals surface area contributed by atoms with Crippen LogP contribution in [0, 0.1) is 0 Å². The van der Waals surface area contributed by atoms with Crippen LogP contribution in [0.25, 0.3) is 0 Å². The lowest BCUT2D eigenvalue weighted by molar-refractivity contribution is -0.0882. The molecule has 0 aromatic heterocycles. The number of likely N-dealkylation sites (N-methyl/N-ethyl adjacent to an activating group) is 1. The molecule has 1 saturated carbocycles. The fourth-order valence-corrected chi connectivity index (χ4v) is 1.45. The van der Waals surface area contributed by atoms with Crippen molar-refractivity contribution in [1.29, 1.82) is 0 Å². The van der Waals surface area contributed by atoms with Gasteiger partial charge < -0.3 is 4.74 Å². The molecule has 0 bridgehead atoms. The topological polar surface area (TPSA) is 38.5 Å². The van der Waals surface area contributed by atoms with Crippen LogP contribution in [-0.2, 0) is 4.74 Å². The second kappa shape index (κ2) is 2.86. The molecule has 3 heteroatoms. The van der Waals surface area contributed by atoms with Gasteiger partial charge in [0, 0.05) is 20.7 Å². The molecule has 60 valence electrons. The lowest BCUT2D eigenvalue weighted by Crippen LogP contribution is -2.50. The van der Waals surface area contributed by atoms with E-state index in [1.165, 1.54) is 6.42 Å². The highest BCUT2D eigenvalue weighted by Crippen LogP contribution is 2.34. The van der Waals surface area contributed by atoms with Crippen LogP contribution in [0.2, 0.25) is 0 Å². The van der Waals surface area contributed by atoms with E-state index >= 15 is 0 Å². The quantitative estimate of drug-likeness (QED) is 0.459. The highest BCUT2D eigenvalue weighted by molar-refractivity contribution is 4.90. The summed E-state index contributed by atoms with van der Waals surface area (Å²) >= 11 is 0. The van der Waals surface area contributed by atoms with Crippen LogP contribution in [0.4, 0.5) is 0 Å². The summed E-state index contributed by atoms with van der Waals surface area (Å²) in [7, 11) is 3.64. The standard InChI is InChI=1S/C7H16N2O/c1-9(8)6-7(10-2)4-3-5-7/h3-6,8H2,1-2H3. The average molecular weight is 144 g/mol. The second-order valence-electron chi connectivity index (χ2n) is 3.16. The van der Waals surface area contributed by atoms with E-state index in [0.717, 1.165) is 19.4 Å². The van der Waals surface area contributed by atoms with Crippen molar-refractivity contribution in [1.82, 2.24) is 5.01 Å². The maximum Gasteiger partial charge on any atom is 0.0818 e. The Hall–Kier alpha value is -0.120. The molecule has 1 aliphatic rings. The van der Waals surface area contributed by atoms with Crippen molar-refractivity contribution in [3.05, 3.63) is 0 Å². The van der Waals surface area contributed by atoms with Crippen molar-refractivity contribution in [2.45, 2.75) is 24.9 Å². The Morgan fingerprint density at radius 3 is 2.30 bits per heavy atom. The minimum absolute atomic E-state index is 0.0868. The largest absolute Gasteiger partial charge is 0.377 e. The van der Waals surface area contributed by atoms with Gasteiger partial charge in [-0.05, 0) is 19.3 Å². The Kier molecular flexibility index (Phi) is 2.28. The van der Waals surface area contributed by atoms with Gasteiger partial charge in [0.05, 0.1) is 5.60 Å². The van der Waals surface area contributed by atoms with E-state index in [4.69, 9.17) is 10.6 Å². The highest BCUT2D eigenvalue weighted by Gasteiger charge is 2.37. The minimum Gasteiger partial charge on any atom is -0.377 e. The third-order valence-corrected chi connectivity index (χ3v) is 2.24. The molecule has 0 aliphatic heterocycles. The van der Waals surface area contributed by atoms with E-state index < -0.39 is 0 Å². The first-order chi connectivity index (χ1) is 4.68. The van der Waals surface area contributed by atoms with Crippen LogP contribution >= 0.6 is 0 Å². The predicted octanol–water partition coefficient (Wildman–Crippen LogP) is 0.361. The van der Waals surface area contributed by atoms with Crippen LogP contribution in [0.5, 0.6) is 0 Å². The average Bonchev–Trinajstić information content (AvgIpc) is 1.78. The van der Waals surface area contributed by atoms with E-state index in [0.29, 0.717) is 0 Å². The lowest BCUT2D eigenvalue weighted by atomic mass is 9.80. The summed E-state index contributed by atoms with van der Waals surface area (Å²) in [6.07, 6.45) is 3.60. The van der Waals surface area contributed by atoms with Gasteiger partial charge in [-0.25, -0.2) is 5.01 Å². The third-order valence-electron chi connectivity index (χ3n) is 2.24. The first-order valence-electron chi connectivity index (χ1n) is 3.69. The van der Waals surface area contributed by atoms with Gasteiger partial charge in [-0.3, -0.25) is 5.84 Å². The molecule has 10 heavy (non-hydrogen) atoms. The maximum atomic E-state index is 5.52. The summed E-state index contributed by atoms with van der Waals surface area (Å²) in [4.78, 5) is 0. The van der Waals surface area contributed by atoms with Gasteiger partial charge in [0.1, 0.15) is 0 Å². The zero-order valence-corrected chi connectivity index (χ0v) is 6.76. The number of nitrogens with two attached hydrogens (primary N) is 1. The van der Waals surface area contributed by atoms with Gasteiger partial charge in [-0.2, -0.15) is 0 Å². The maximum absolute atomic E-state index is 5.52. The molecular weight excluding hydrogens is 128 g/mol. The molecule has 1 aliphatic carbocycles. The van der Waals surface area contributed by atoms with E-state index in [9.17, 15) is 0 Å². The highest BCUT2D eigenvalue weighted by atomic mass is 16.5. The summed E-state index contributed by atoms with van der Waals surface area (Å²) < 4.78 is 5.36. The molecule has 1 fully saturated rings. The molecule has 0 aromatic rings. The number of methoxy groups -OCH3 is 1. The van der Waals surface area contributed by atoms with Crippen LogP contribution in [-0.4, -0.2) is 31.3 Å². The molecular formula is C7H16N2O. The summed E-state index contributed by atoms with van der Waals surface area (Å²) in [5.74, 6) is 5.52. The molecule has 0 amide bonds. The molecule has 3 nitrogen and oxygen atoms in total. The lowest BCUT2D eigenvalue weighted by Gasteiger charge is -2.41. The Bertz CT molecular complexity index is 105.